The van der Waals surface area contributed by atoms with Crippen molar-refractivity contribution < 1.29 is 14.7 Å². The van der Waals surface area contributed by atoms with E-state index in [1.165, 1.54) is 11.3 Å². The van der Waals surface area contributed by atoms with Crippen molar-refractivity contribution >= 4 is 23.3 Å². The molecule has 0 aliphatic heterocycles. The van der Waals surface area contributed by atoms with Gasteiger partial charge in [0.1, 0.15) is 5.01 Å². The molecule has 0 fully saturated rings. The predicted octanol–water partition coefficient (Wildman–Crippen LogP) is 1.76. The van der Waals surface area contributed by atoms with Gasteiger partial charge in [-0.1, -0.05) is 0 Å². The highest BCUT2D eigenvalue weighted by Crippen LogP contribution is 2.14. The maximum absolute atomic E-state index is 11.6. The van der Waals surface area contributed by atoms with Crippen molar-refractivity contribution in [2.75, 3.05) is 0 Å². The van der Waals surface area contributed by atoms with E-state index >= 15 is 0 Å². The number of hydrogen-bond donors (Lipinski definition) is 3. The van der Waals surface area contributed by atoms with Crippen molar-refractivity contribution in [3.63, 3.8) is 0 Å². The van der Waals surface area contributed by atoms with E-state index in [4.69, 9.17) is 5.11 Å². The van der Waals surface area contributed by atoms with Crippen LogP contribution in [-0.2, 0) is 4.79 Å². The minimum absolute atomic E-state index is 0.0451. The average Bonchev–Trinajstić information content (AvgIpc) is 2.79. The number of aliphatic carboxylic acids is 1. The highest BCUT2D eigenvalue weighted by Gasteiger charge is 2.13. The van der Waals surface area contributed by atoms with Gasteiger partial charge in [-0.15, -0.1) is 11.3 Å². The second-order valence-electron chi connectivity index (χ2n) is 4.04. The number of carbonyl (C=O) groups excluding carboxylic acids is 1. The quantitative estimate of drug-likeness (QED) is 0.735. The maximum atomic E-state index is 11.6. The molecule has 1 heterocycles. The molecule has 0 saturated carbocycles. The molecule has 1 aromatic rings. The minimum Gasteiger partial charge on any atom is -0.481 e. The number of rotatable bonds is 6. The lowest BCUT2D eigenvalue weighted by Gasteiger charge is -2.16. The average molecular weight is 271 g/mol. The topological polar surface area (TPSA) is 91.3 Å². The van der Waals surface area contributed by atoms with Gasteiger partial charge in [-0.2, -0.15) is 0 Å². The number of carbonyl (C=O) groups is 2. The summed E-state index contributed by atoms with van der Waals surface area (Å²) in [5, 5.41) is 16.7. The Bertz CT molecular complexity index is 394. The van der Waals surface area contributed by atoms with Crippen LogP contribution in [0.15, 0.2) is 11.6 Å². The molecule has 0 spiro atoms. The second-order valence-corrected chi connectivity index (χ2v) is 4.97. The third-order valence-corrected chi connectivity index (χ3v) is 3.30. The standard InChI is InChI=1S/C11H17N3O3S/c1-7(3-4-9(15)16)13-11(17)14-8(2)10-12-5-6-18-10/h5-8H,3-4H2,1-2H3,(H,15,16)(H2,13,14,17). The van der Waals surface area contributed by atoms with Crippen LogP contribution in [0.3, 0.4) is 0 Å². The number of urea groups is 1. The molecule has 18 heavy (non-hydrogen) atoms. The molecule has 0 aliphatic rings. The third kappa shape index (κ3) is 5.13. The van der Waals surface area contributed by atoms with Crippen LogP contribution in [0.1, 0.15) is 37.7 Å². The van der Waals surface area contributed by atoms with Crippen LogP contribution in [0.2, 0.25) is 0 Å². The number of nitrogens with zero attached hydrogens (tertiary/aromatic N) is 1. The zero-order valence-electron chi connectivity index (χ0n) is 10.3. The molecule has 6 nitrogen and oxygen atoms in total. The van der Waals surface area contributed by atoms with E-state index in [-0.39, 0.29) is 24.5 Å². The van der Waals surface area contributed by atoms with Crippen molar-refractivity contribution in [3.8, 4) is 0 Å². The molecule has 3 N–H and O–H groups in total. The van der Waals surface area contributed by atoms with E-state index < -0.39 is 5.97 Å². The highest BCUT2D eigenvalue weighted by molar-refractivity contribution is 7.09. The molecular formula is C11H17N3O3S. The van der Waals surface area contributed by atoms with E-state index in [0.717, 1.165) is 5.01 Å². The van der Waals surface area contributed by atoms with E-state index in [9.17, 15) is 9.59 Å². The van der Waals surface area contributed by atoms with Gasteiger partial charge < -0.3 is 15.7 Å². The van der Waals surface area contributed by atoms with Gasteiger partial charge in [0.05, 0.1) is 6.04 Å². The number of carboxylic acids is 1. The van der Waals surface area contributed by atoms with Crippen molar-refractivity contribution in [2.45, 2.75) is 38.8 Å². The minimum atomic E-state index is -0.861. The summed E-state index contributed by atoms with van der Waals surface area (Å²) in [6.45, 7) is 3.62. The number of carboxylic acid groups (broad SMARTS) is 1. The van der Waals surface area contributed by atoms with Crippen LogP contribution < -0.4 is 10.6 Å². The van der Waals surface area contributed by atoms with Crippen LogP contribution in [-0.4, -0.2) is 28.1 Å². The van der Waals surface area contributed by atoms with E-state index in [0.29, 0.717) is 6.42 Å². The summed E-state index contributed by atoms with van der Waals surface area (Å²) in [5.74, 6) is -0.861. The van der Waals surface area contributed by atoms with Gasteiger partial charge in [-0.05, 0) is 20.3 Å². The van der Waals surface area contributed by atoms with Crippen LogP contribution >= 0.6 is 11.3 Å². The summed E-state index contributed by atoms with van der Waals surface area (Å²) >= 11 is 1.47. The molecule has 0 radical (unpaired) electrons. The fourth-order valence-corrected chi connectivity index (χ4v) is 2.03. The fourth-order valence-electron chi connectivity index (χ4n) is 1.38. The largest absolute Gasteiger partial charge is 0.481 e. The number of hydrogen-bond acceptors (Lipinski definition) is 4. The SMILES string of the molecule is CC(CCC(=O)O)NC(=O)NC(C)c1nccs1. The molecule has 2 atom stereocenters. The first-order valence-corrected chi connectivity index (χ1v) is 6.55. The lowest BCUT2D eigenvalue weighted by Crippen LogP contribution is -2.41. The number of nitrogens with one attached hydrogen (secondary N) is 2. The molecule has 1 aromatic heterocycles. The number of thiazole rings is 1. The van der Waals surface area contributed by atoms with E-state index in [1.807, 2.05) is 12.3 Å². The first kappa shape index (κ1) is 14.4. The summed E-state index contributed by atoms with van der Waals surface area (Å²) < 4.78 is 0. The molecule has 100 valence electrons. The lowest BCUT2D eigenvalue weighted by atomic mass is 10.2. The molecule has 7 heteroatoms. The molecule has 0 saturated heterocycles. The van der Waals surface area contributed by atoms with E-state index in [2.05, 4.69) is 15.6 Å². The summed E-state index contributed by atoms with van der Waals surface area (Å²) in [6, 6.07) is -0.642. The summed E-state index contributed by atoms with van der Waals surface area (Å²) in [6.07, 6.45) is 2.14. The molecule has 2 unspecified atom stereocenters. The molecule has 0 aromatic carbocycles. The Balaban J connectivity index is 2.30. The predicted molar refractivity (Wildman–Crippen MR) is 68.5 cm³/mol. The second kappa shape index (κ2) is 6.95. The molecule has 1 rings (SSSR count). The van der Waals surface area contributed by atoms with Crippen molar-refractivity contribution in [2.24, 2.45) is 0 Å². The number of aromatic nitrogens is 1. The number of amides is 2. The van der Waals surface area contributed by atoms with E-state index in [1.54, 1.807) is 13.1 Å². The van der Waals surface area contributed by atoms with Gasteiger partial charge in [-0.3, -0.25) is 4.79 Å². The Labute approximate surface area is 109 Å². The lowest BCUT2D eigenvalue weighted by molar-refractivity contribution is -0.137. The third-order valence-electron chi connectivity index (χ3n) is 2.34. The zero-order valence-corrected chi connectivity index (χ0v) is 11.2. The maximum Gasteiger partial charge on any atom is 0.315 e. The van der Waals surface area contributed by atoms with Crippen LogP contribution in [0.5, 0.6) is 0 Å². The van der Waals surface area contributed by atoms with Gasteiger partial charge in [0.25, 0.3) is 0 Å². The van der Waals surface area contributed by atoms with Crippen molar-refractivity contribution in [1.29, 1.82) is 0 Å². The van der Waals surface area contributed by atoms with Gasteiger partial charge >= 0.3 is 12.0 Å². The van der Waals surface area contributed by atoms with Crippen LogP contribution in [0.4, 0.5) is 4.79 Å². The zero-order chi connectivity index (χ0) is 13.5. The molecule has 0 aliphatic carbocycles. The van der Waals surface area contributed by atoms with Gasteiger partial charge in [-0.25, -0.2) is 9.78 Å². The Hall–Kier alpha value is -1.63. The highest BCUT2D eigenvalue weighted by atomic mass is 32.1. The Kier molecular flexibility index (Phi) is 5.57. The normalized spacial score (nSPS) is 13.7. The summed E-state index contributed by atoms with van der Waals surface area (Å²) in [4.78, 5) is 26.1. The summed E-state index contributed by atoms with van der Waals surface area (Å²) in [5.41, 5.74) is 0. The Morgan fingerprint density at radius 2 is 2.17 bits per heavy atom. The molecular weight excluding hydrogens is 254 g/mol. The van der Waals surface area contributed by atoms with Gasteiger partial charge in [0.2, 0.25) is 0 Å². The molecule has 0 bridgehead atoms. The summed E-state index contributed by atoms with van der Waals surface area (Å²) in [7, 11) is 0. The Morgan fingerprint density at radius 3 is 2.72 bits per heavy atom. The molecule has 2 amide bonds. The van der Waals surface area contributed by atoms with Crippen molar-refractivity contribution in [1.82, 2.24) is 15.6 Å². The first-order valence-electron chi connectivity index (χ1n) is 5.67. The van der Waals surface area contributed by atoms with Crippen LogP contribution in [0, 0.1) is 0 Å². The fraction of sp³-hybridized carbons (Fsp3) is 0.545. The van der Waals surface area contributed by atoms with Crippen molar-refractivity contribution in [3.05, 3.63) is 16.6 Å². The Morgan fingerprint density at radius 1 is 1.44 bits per heavy atom. The monoisotopic (exact) mass is 271 g/mol. The van der Waals surface area contributed by atoms with Gasteiger partial charge in [0.15, 0.2) is 0 Å². The van der Waals surface area contributed by atoms with Gasteiger partial charge in [0, 0.05) is 24.0 Å². The van der Waals surface area contributed by atoms with Crippen LogP contribution in [0.25, 0.3) is 0 Å². The smallest absolute Gasteiger partial charge is 0.315 e. The first-order chi connectivity index (χ1) is 8.49.